The third-order valence-electron chi connectivity index (χ3n) is 3.28. The largest absolute Gasteiger partial charge is 0.378 e. The second-order valence-electron chi connectivity index (χ2n) is 4.33. The molecule has 0 aromatic rings. The van der Waals surface area contributed by atoms with E-state index in [1.54, 1.807) is 0 Å². The van der Waals surface area contributed by atoms with Crippen LogP contribution in [0.5, 0.6) is 0 Å². The number of aliphatic hydroxyl groups excluding tert-OH is 1. The normalized spacial score (nSPS) is 23.1. The summed E-state index contributed by atoms with van der Waals surface area (Å²) in [5, 5.41) is 18.0. The Morgan fingerprint density at radius 1 is 1.36 bits per heavy atom. The lowest BCUT2D eigenvalue weighted by Gasteiger charge is -2.29. The van der Waals surface area contributed by atoms with Crippen molar-refractivity contribution in [2.75, 3.05) is 0 Å². The predicted octanol–water partition coefficient (Wildman–Crippen LogP) is 2.79. The topological polar surface area (TPSA) is 44.0 Å². The van der Waals surface area contributed by atoms with Crippen molar-refractivity contribution >= 4 is 0 Å². The van der Waals surface area contributed by atoms with Crippen molar-refractivity contribution in [2.24, 2.45) is 5.41 Å². The van der Waals surface area contributed by atoms with Crippen molar-refractivity contribution in [1.82, 2.24) is 0 Å². The average Bonchev–Trinajstić information content (AvgIpc) is 2.44. The number of aliphatic hydroxyl groups is 1. The summed E-state index contributed by atoms with van der Waals surface area (Å²) in [6.07, 6.45) is 8.80. The highest BCUT2D eigenvalue weighted by molar-refractivity contribution is 5.00. The van der Waals surface area contributed by atoms with Crippen LogP contribution in [0, 0.1) is 16.7 Å². The van der Waals surface area contributed by atoms with Crippen LogP contribution in [-0.2, 0) is 0 Å². The maximum atomic E-state index is 9.39. The van der Waals surface area contributed by atoms with Crippen molar-refractivity contribution in [3.05, 3.63) is 12.7 Å². The van der Waals surface area contributed by atoms with Gasteiger partial charge < -0.3 is 5.11 Å². The zero-order chi connectivity index (χ0) is 10.4. The molecule has 2 nitrogen and oxygen atoms in total. The molecule has 0 amide bonds. The second-order valence-corrected chi connectivity index (χ2v) is 4.33. The summed E-state index contributed by atoms with van der Waals surface area (Å²) in [6, 6.07) is 1.90. The number of nitriles is 1. The second kappa shape index (κ2) is 5.17. The molecule has 78 valence electrons. The van der Waals surface area contributed by atoms with Gasteiger partial charge in [-0.15, -0.1) is 6.58 Å². The van der Waals surface area contributed by atoms with Crippen LogP contribution in [0.3, 0.4) is 0 Å². The molecule has 0 aliphatic heterocycles. The summed E-state index contributed by atoms with van der Waals surface area (Å²) >= 11 is 0. The summed E-state index contributed by atoms with van der Waals surface area (Å²) in [5.41, 5.74) is 0.0195. The average molecular weight is 193 g/mol. The summed E-state index contributed by atoms with van der Waals surface area (Å²) < 4.78 is 0. The predicted molar refractivity (Wildman–Crippen MR) is 56.6 cm³/mol. The molecule has 1 aliphatic rings. The van der Waals surface area contributed by atoms with Crippen LogP contribution in [0.15, 0.2) is 12.7 Å². The first-order valence-corrected chi connectivity index (χ1v) is 5.44. The molecule has 1 aliphatic carbocycles. The Balaban J connectivity index is 2.63. The monoisotopic (exact) mass is 193 g/mol. The van der Waals surface area contributed by atoms with Gasteiger partial charge in [0.25, 0.3) is 0 Å². The van der Waals surface area contributed by atoms with Crippen molar-refractivity contribution in [3.63, 3.8) is 0 Å². The zero-order valence-corrected chi connectivity index (χ0v) is 8.71. The third kappa shape index (κ3) is 2.85. The molecule has 0 heterocycles. The Morgan fingerprint density at radius 3 is 2.36 bits per heavy atom. The number of hydrogen-bond acceptors (Lipinski definition) is 2. The zero-order valence-electron chi connectivity index (χ0n) is 8.71. The van der Waals surface area contributed by atoms with Gasteiger partial charge in [-0.05, 0) is 24.7 Å². The van der Waals surface area contributed by atoms with E-state index in [-0.39, 0.29) is 5.41 Å². The Kier molecular flexibility index (Phi) is 4.16. The van der Waals surface area contributed by atoms with E-state index in [1.165, 1.54) is 25.7 Å². The molecular weight excluding hydrogens is 174 g/mol. The van der Waals surface area contributed by atoms with E-state index >= 15 is 0 Å². The SMILES string of the molecule is C=CC1(CC(O)C#N)CCCCCC1. The van der Waals surface area contributed by atoms with Crippen molar-refractivity contribution in [1.29, 1.82) is 5.26 Å². The van der Waals surface area contributed by atoms with Gasteiger partial charge in [0.15, 0.2) is 0 Å². The van der Waals surface area contributed by atoms with Crippen LogP contribution < -0.4 is 0 Å². The fourth-order valence-electron chi connectivity index (χ4n) is 2.35. The van der Waals surface area contributed by atoms with Crippen molar-refractivity contribution in [2.45, 2.75) is 51.0 Å². The number of hydrogen-bond donors (Lipinski definition) is 1. The van der Waals surface area contributed by atoms with Crippen LogP contribution in [0.2, 0.25) is 0 Å². The van der Waals surface area contributed by atoms with E-state index in [0.29, 0.717) is 6.42 Å². The Labute approximate surface area is 86.2 Å². The molecule has 0 saturated heterocycles. The molecule has 0 spiro atoms. The van der Waals surface area contributed by atoms with Gasteiger partial charge in [0, 0.05) is 0 Å². The molecule has 1 atom stereocenters. The third-order valence-corrected chi connectivity index (χ3v) is 3.28. The summed E-state index contributed by atoms with van der Waals surface area (Å²) in [4.78, 5) is 0. The number of allylic oxidation sites excluding steroid dienone is 1. The van der Waals surface area contributed by atoms with E-state index in [4.69, 9.17) is 5.26 Å². The molecule has 0 radical (unpaired) electrons. The molecule has 0 bridgehead atoms. The Morgan fingerprint density at radius 2 is 1.93 bits per heavy atom. The smallest absolute Gasteiger partial charge is 0.141 e. The van der Waals surface area contributed by atoms with Crippen LogP contribution in [-0.4, -0.2) is 11.2 Å². The minimum Gasteiger partial charge on any atom is -0.378 e. The van der Waals surface area contributed by atoms with Gasteiger partial charge in [-0.1, -0.05) is 31.8 Å². The fraction of sp³-hybridized carbons (Fsp3) is 0.750. The first-order chi connectivity index (χ1) is 6.72. The lowest BCUT2D eigenvalue weighted by molar-refractivity contribution is 0.153. The van der Waals surface area contributed by atoms with Gasteiger partial charge in [-0.3, -0.25) is 0 Å². The van der Waals surface area contributed by atoms with E-state index < -0.39 is 6.10 Å². The van der Waals surface area contributed by atoms with Crippen molar-refractivity contribution < 1.29 is 5.11 Å². The molecule has 0 aromatic heterocycles. The van der Waals surface area contributed by atoms with E-state index in [0.717, 1.165) is 12.8 Å². The molecule has 14 heavy (non-hydrogen) atoms. The fourth-order valence-corrected chi connectivity index (χ4v) is 2.35. The van der Waals surface area contributed by atoms with Gasteiger partial charge in [-0.2, -0.15) is 5.26 Å². The Hall–Kier alpha value is -0.810. The van der Waals surface area contributed by atoms with Crippen molar-refractivity contribution in [3.8, 4) is 6.07 Å². The van der Waals surface area contributed by atoms with Gasteiger partial charge in [0.05, 0.1) is 6.07 Å². The highest BCUT2D eigenvalue weighted by Gasteiger charge is 2.29. The quantitative estimate of drug-likeness (QED) is 0.425. The highest BCUT2D eigenvalue weighted by Crippen LogP contribution is 2.39. The summed E-state index contributed by atoms with van der Waals surface area (Å²) in [5.74, 6) is 0. The van der Waals surface area contributed by atoms with Crippen LogP contribution in [0.1, 0.15) is 44.9 Å². The van der Waals surface area contributed by atoms with Gasteiger partial charge in [0.1, 0.15) is 6.10 Å². The maximum Gasteiger partial charge on any atom is 0.141 e. The van der Waals surface area contributed by atoms with Gasteiger partial charge >= 0.3 is 0 Å². The number of rotatable bonds is 3. The first-order valence-electron chi connectivity index (χ1n) is 5.44. The van der Waals surface area contributed by atoms with Crippen LogP contribution >= 0.6 is 0 Å². The van der Waals surface area contributed by atoms with Crippen LogP contribution in [0.4, 0.5) is 0 Å². The molecule has 1 fully saturated rings. The first kappa shape index (κ1) is 11.3. The molecule has 1 N–H and O–H groups in total. The van der Waals surface area contributed by atoms with Crippen LogP contribution in [0.25, 0.3) is 0 Å². The molecule has 0 aromatic carbocycles. The molecule has 2 heteroatoms. The van der Waals surface area contributed by atoms with Gasteiger partial charge in [-0.25, -0.2) is 0 Å². The number of nitrogens with zero attached hydrogens (tertiary/aromatic N) is 1. The molecule has 1 rings (SSSR count). The molecule has 1 unspecified atom stereocenters. The lowest BCUT2D eigenvalue weighted by Crippen LogP contribution is -2.23. The Bertz CT molecular complexity index is 221. The van der Waals surface area contributed by atoms with E-state index in [2.05, 4.69) is 6.58 Å². The van der Waals surface area contributed by atoms with Gasteiger partial charge in [0.2, 0.25) is 0 Å². The van der Waals surface area contributed by atoms with E-state index in [1.807, 2.05) is 12.1 Å². The minimum atomic E-state index is -0.828. The standard InChI is InChI=1S/C12H19NO/c1-2-12(9-11(14)10-13)7-5-3-4-6-8-12/h2,11,14H,1,3-9H2. The molecule has 1 saturated carbocycles. The molecular formula is C12H19NO. The van der Waals surface area contributed by atoms with E-state index in [9.17, 15) is 5.11 Å². The summed E-state index contributed by atoms with van der Waals surface area (Å²) in [7, 11) is 0. The summed E-state index contributed by atoms with van der Waals surface area (Å²) in [6.45, 7) is 3.87. The maximum absolute atomic E-state index is 9.39. The minimum absolute atomic E-state index is 0.0195. The highest BCUT2D eigenvalue weighted by atomic mass is 16.3. The lowest BCUT2D eigenvalue weighted by atomic mass is 9.76.